The smallest absolute Gasteiger partial charge is 0.339 e. The van der Waals surface area contributed by atoms with Crippen molar-refractivity contribution in [3.05, 3.63) is 59.3 Å². The number of benzene rings is 2. The molecule has 0 saturated carbocycles. The molecule has 0 atom stereocenters. The number of morpholine rings is 1. The summed E-state index contributed by atoms with van der Waals surface area (Å²) in [5.74, 6) is -0.975. The van der Waals surface area contributed by atoms with Crippen molar-refractivity contribution in [3.63, 3.8) is 0 Å². The minimum Gasteiger partial charge on any atom is -0.495 e. The van der Waals surface area contributed by atoms with E-state index < -0.39 is 28.5 Å². The fourth-order valence-corrected chi connectivity index (χ4v) is 6.29. The molecule has 3 aromatic rings. The maximum Gasteiger partial charge on any atom is 0.339 e. The number of amides is 1. The van der Waals surface area contributed by atoms with Crippen molar-refractivity contribution in [2.45, 2.75) is 30.6 Å². The Bertz CT molecular complexity index is 1480. The number of pyridine rings is 1. The van der Waals surface area contributed by atoms with E-state index in [-0.39, 0.29) is 29.4 Å². The summed E-state index contributed by atoms with van der Waals surface area (Å²) in [5.41, 5.74) is 3.25. The first-order chi connectivity index (χ1) is 18.4. The lowest BCUT2D eigenvalue weighted by molar-refractivity contribution is -0.119. The number of aromatic nitrogens is 1. The minimum atomic E-state index is -3.73. The topological polar surface area (TPSA) is 124 Å². The number of ether oxygens (including phenoxy) is 3. The van der Waals surface area contributed by atoms with Crippen LogP contribution in [0.25, 0.3) is 10.9 Å². The van der Waals surface area contributed by atoms with Crippen molar-refractivity contribution in [1.82, 2.24) is 9.29 Å². The molecular weight excluding hydrogens is 510 g/mol. The van der Waals surface area contributed by atoms with Gasteiger partial charge in [-0.05, 0) is 49.4 Å². The van der Waals surface area contributed by atoms with Gasteiger partial charge in [-0.3, -0.25) is 9.78 Å². The summed E-state index contributed by atoms with van der Waals surface area (Å²) in [5, 5.41) is 3.35. The Morgan fingerprint density at radius 2 is 1.84 bits per heavy atom. The van der Waals surface area contributed by atoms with E-state index in [0.717, 1.165) is 42.5 Å². The number of carbonyl (C=O) groups excluding carboxylic acids is 2. The Balaban J connectivity index is 1.30. The molecule has 10 nitrogen and oxygen atoms in total. The van der Waals surface area contributed by atoms with Crippen LogP contribution in [0.4, 0.5) is 5.69 Å². The molecule has 2 heterocycles. The van der Waals surface area contributed by atoms with Gasteiger partial charge in [0, 0.05) is 30.2 Å². The third-order valence-corrected chi connectivity index (χ3v) is 8.66. The van der Waals surface area contributed by atoms with E-state index in [1.54, 1.807) is 0 Å². The Hall–Kier alpha value is -3.54. The summed E-state index contributed by atoms with van der Waals surface area (Å²) in [4.78, 5) is 30.7. The molecular formula is C27H29N3O7S. The first-order valence-corrected chi connectivity index (χ1v) is 14.0. The number of esters is 1. The summed E-state index contributed by atoms with van der Waals surface area (Å²) in [6.07, 6.45) is 3.52. The highest BCUT2D eigenvalue weighted by Gasteiger charge is 2.28. The van der Waals surface area contributed by atoms with Gasteiger partial charge in [-0.15, -0.1) is 0 Å². The number of nitrogens with zero attached hydrogens (tertiary/aromatic N) is 2. The van der Waals surface area contributed by atoms with Crippen LogP contribution in [-0.4, -0.2) is 69.6 Å². The molecule has 200 valence electrons. The molecule has 1 saturated heterocycles. The number of para-hydroxylation sites is 1. The zero-order valence-electron chi connectivity index (χ0n) is 21.1. The second kappa shape index (κ2) is 11.1. The number of aryl methyl sites for hydroxylation is 1. The summed E-state index contributed by atoms with van der Waals surface area (Å²) in [6.45, 7) is 0.693. The van der Waals surface area contributed by atoms with Gasteiger partial charge in [-0.1, -0.05) is 18.2 Å². The quantitative estimate of drug-likeness (QED) is 0.455. The van der Waals surface area contributed by atoms with E-state index in [2.05, 4.69) is 5.32 Å². The molecule has 1 aliphatic carbocycles. The number of rotatable bonds is 7. The van der Waals surface area contributed by atoms with E-state index in [9.17, 15) is 18.0 Å². The number of methoxy groups -OCH3 is 1. The first-order valence-electron chi connectivity index (χ1n) is 12.5. The Morgan fingerprint density at radius 1 is 1.08 bits per heavy atom. The average Bonchev–Trinajstić information content (AvgIpc) is 2.95. The SMILES string of the molecule is COc1cc(S(=O)(=O)N2CCOCC2)ccc1NC(=O)COC(=O)c1c2c(nc3ccccc13)CCCC2. The van der Waals surface area contributed by atoms with Crippen LogP contribution >= 0.6 is 0 Å². The van der Waals surface area contributed by atoms with E-state index in [1.807, 2.05) is 24.3 Å². The summed E-state index contributed by atoms with van der Waals surface area (Å²) < 4.78 is 43.3. The standard InChI is InChI=1S/C27H29N3O7S/c1-35-24-16-18(38(33,34)30-12-14-36-15-13-30)10-11-23(24)29-25(31)17-37-27(32)26-19-6-2-4-8-21(19)28-22-9-5-3-7-20(22)26/h2,4,6,8,10-11,16H,3,5,7,9,12-15,17H2,1H3,(H,29,31). The van der Waals surface area contributed by atoms with Crippen molar-refractivity contribution in [1.29, 1.82) is 0 Å². The van der Waals surface area contributed by atoms with Crippen LogP contribution in [0.3, 0.4) is 0 Å². The van der Waals surface area contributed by atoms with Crippen LogP contribution in [0.15, 0.2) is 47.4 Å². The monoisotopic (exact) mass is 539 g/mol. The zero-order valence-corrected chi connectivity index (χ0v) is 21.9. The number of carbonyl (C=O) groups is 2. The van der Waals surface area contributed by atoms with Gasteiger partial charge in [0.2, 0.25) is 10.0 Å². The fourth-order valence-electron chi connectivity index (χ4n) is 4.87. The molecule has 2 aliphatic rings. The molecule has 1 aliphatic heterocycles. The third kappa shape index (κ3) is 5.22. The lowest BCUT2D eigenvalue weighted by atomic mass is 9.90. The molecule has 0 bridgehead atoms. The molecule has 0 radical (unpaired) electrons. The maximum atomic E-state index is 13.2. The van der Waals surface area contributed by atoms with Gasteiger partial charge in [0.25, 0.3) is 5.91 Å². The fraction of sp³-hybridized carbons (Fsp3) is 0.370. The van der Waals surface area contributed by atoms with Gasteiger partial charge < -0.3 is 19.5 Å². The molecule has 11 heteroatoms. The summed E-state index contributed by atoms with van der Waals surface area (Å²) >= 11 is 0. The summed E-state index contributed by atoms with van der Waals surface area (Å²) in [7, 11) is -2.35. The van der Waals surface area contributed by atoms with Crippen LogP contribution < -0.4 is 10.1 Å². The first kappa shape index (κ1) is 26.1. The molecule has 1 aromatic heterocycles. The lowest BCUT2D eigenvalue weighted by Gasteiger charge is -2.26. The molecule has 38 heavy (non-hydrogen) atoms. The van der Waals surface area contributed by atoms with Crippen LogP contribution in [0.5, 0.6) is 5.75 Å². The van der Waals surface area contributed by atoms with E-state index in [4.69, 9.17) is 19.2 Å². The van der Waals surface area contributed by atoms with E-state index in [1.165, 1.54) is 29.6 Å². The number of hydrogen-bond donors (Lipinski definition) is 1. The molecule has 1 amide bonds. The third-order valence-electron chi connectivity index (χ3n) is 6.76. The predicted octanol–water partition coefficient (Wildman–Crippen LogP) is 2.94. The number of nitrogens with one attached hydrogen (secondary N) is 1. The van der Waals surface area contributed by atoms with Crippen LogP contribution in [0.2, 0.25) is 0 Å². The predicted molar refractivity (Wildman–Crippen MR) is 140 cm³/mol. The largest absolute Gasteiger partial charge is 0.495 e. The number of anilines is 1. The Labute approximate surface area is 220 Å². The molecule has 1 N–H and O–H groups in total. The second-order valence-electron chi connectivity index (χ2n) is 9.14. The lowest BCUT2D eigenvalue weighted by Crippen LogP contribution is -2.40. The molecule has 2 aromatic carbocycles. The number of sulfonamides is 1. The van der Waals surface area contributed by atoms with E-state index >= 15 is 0 Å². The van der Waals surface area contributed by atoms with Crippen molar-refractivity contribution in [2.24, 2.45) is 0 Å². The van der Waals surface area contributed by atoms with Gasteiger partial charge in [0.05, 0.1) is 42.0 Å². The normalized spacial score (nSPS) is 16.0. The van der Waals surface area contributed by atoms with E-state index in [0.29, 0.717) is 24.2 Å². The molecule has 0 unspecified atom stereocenters. The highest BCUT2D eigenvalue weighted by Crippen LogP contribution is 2.31. The summed E-state index contributed by atoms with van der Waals surface area (Å²) in [6, 6.07) is 11.6. The van der Waals surface area contributed by atoms with Crippen molar-refractivity contribution in [3.8, 4) is 5.75 Å². The van der Waals surface area contributed by atoms with Gasteiger partial charge in [-0.2, -0.15) is 4.31 Å². The van der Waals surface area contributed by atoms with Crippen molar-refractivity contribution < 1.29 is 32.2 Å². The van der Waals surface area contributed by atoms with Crippen LogP contribution in [0, 0.1) is 0 Å². The molecule has 5 rings (SSSR count). The van der Waals surface area contributed by atoms with Crippen LogP contribution in [0.1, 0.15) is 34.5 Å². The van der Waals surface area contributed by atoms with Crippen LogP contribution in [-0.2, 0) is 37.1 Å². The molecule has 0 spiro atoms. The van der Waals surface area contributed by atoms with Crippen molar-refractivity contribution in [2.75, 3.05) is 45.3 Å². The van der Waals surface area contributed by atoms with Gasteiger partial charge >= 0.3 is 5.97 Å². The average molecular weight is 540 g/mol. The number of hydrogen-bond acceptors (Lipinski definition) is 8. The maximum absolute atomic E-state index is 13.2. The highest BCUT2D eigenvalue weighted by molar-refractivity contribution is 7.89. The zero-order chi connectivity index (χ0) is 26.7. The molecule has 1 fully saturated rings. The van der Waals surface area contributed by atoms with Gasteiger partial charge in [-0.25, -0.2) is 13.2 Å². The Kier molecular flexibility index (Phi) is 7.59. The minimum absolute atomic E-state index is 0.0509. The van der Waals surface area contributed by atoms with Gasteiger partial charge in [0.1, 0.15) is 5.75 Å². The number of fused-ring (bicyclic) bond motifs is 2. The highest BCUT2D eigenvalue weighted by atomic mass is 32.2. The van der Waals surface area contributed by atoms with Gasteiger partial charge in [0.15, 0.2) is 6.61 Å². The Morgan fingerprint density at radius 3 is 2.63 bits per heavy atom. The second-order valence-corrected chi connectivity index (χ2v) is 11.1. The van der Waals surface area contributed by atoms with Crippen molar-refractivity contribution >= 4 is 38.5 Å².